The molecule has 1 amide bonds. The van der Waals surface area contributed by atoms with Crippen molar-refractivity contribution in [2.45, 2.75) is 6.42 Å². The fraction of sp³-hybridized carbons (Fsp3) is 0.357. The normalized spacial score (nSPS) is 13.1. The number of aliphatic carboxylic acids is 1. The van der Waals surface area contributed by atoms with E-state index in [0.29, 0.717) is 17.1 Å². The average molecular weight is 289 g/mol. The molecule has 0 aliphatic carbocycles. The first-order chi connectivity index (χ1) is 10.0. The average Bonchev–Trinajstić information content (AvgIpc) is 2.47. The second kappa shape index (κ2) is 6.13. The molecule has 1 aromatic carbocycles. The van der Waals surface area contributed by atoms with E-state index in [1.807, 2.05) is 6.07 Å². The SMILES string of the molecule is CN1C(=O)COc2ccc(N(CC#N)CCC(=O)O)cc21. The summed E-state index contributed by atoms with van der Waals surface area (Å²) in [5.74, 6) is -0.487. The number of carboxylic acid groups (broad SMARTS) is 1. The first kappa shape index (κ1) is 14.7. The summed E-state index contributed by atoms with van der Waals surface area (Å²) >= 11 is 0. The van der Waals surface area contributed by atoms with Gasteiger partial charge in [-0.25, -0.2) is 0 Å². The van der Waals surface area contributed by atoms with Gasteiger partial charge in [-0.1, -0.05) is 0 Å². The Bertz CT molecular complexity index is 609. The van der Waals surface area contributed by atoms with Gasteiger partial charge in [0.25, 0.3) is 5.91 Å². The summed E-state index contributed by atoms with van der Waals surface area (Å²) in [5.41, 5.74) is 1.30. The molecule has 0 unspecified atom stereocenters. The lowest BCUT2D eigenvalue weighted by molar-refractivity contribution is -0.136. The number of hydrogen-bond acceptors (Lipinski definition) is 5. The van der Waals surface area contributed by atoms with Crippen molar-refractivity contribution in [3.05, 3.63) is 18.2 Å². The number of nitriles is 1. The van der Waals surface area contributed by atoms with Crippen molar-refractivity contribution in [3.8, 4) is 11.8 Å². The van der Waals surface area contributed by atoms with Crippen molar-refractivity contribution in [2.24, 2.45) is 0 Å². The third-order valence-corrected chi connectivity index (χ3v) is 3.25. The van der Waals surface area contributed by atoms with Crippen LogP contribution in [0.4, 0.5) is 11.4 Å². The minimum absolute atomic E-state index is 0.00374. The monoisotopic (exact) mass is 289 g/mol. The van der Waals surface area contributed by atoms with Crippen LogP contribution in [0.25, 0.3) is 0 Å². The highest BCUT2D eigenvalue weighted by atomic mass is 16.5. The van der Waals surface area contributed by atoms with Crippen LogP contribution in [0.5, 0.6) is 5.75 Å². The van der Waals surface area contributed by atoms with Gasteiger partial charge in [-0.05, 0) is 18.2 Å². The standard InChI is InChI=1S/C14H15N3O4/c1-16-11-8-10(2-3-12(11)21-9-13(16)18)17(7-5-15)6-4-14(19)20/h2-3,8H,4,6-7,9H2,1H3,(H,19,20). The zero-order chi connectivity index (χ0) is 15.4. The van der Waals surface area contributed by atoms with Crippen LogP contribution in [-0.4, -0.2) is 43.7 Å². The summed E-state index contributed by atoms with van der Waals surface area (Å²) in [6.07, 6.45) is -0.0654. The number of fused-ring (bicyclic) bond motifs is 1. The molecular formula is C14H15N3O4. The van der Waals surface area contributed by atoms with Crippen molar-refractivity contribution in [1.82, 2.24) is 0 Å². The van der Waals surface area contributed by atoms with E-state index >= 15 is 0 Å². The molecule has 0 atom stereocenters. The highest BCUT2D eigenvalue weighted by Gasteiger charge is 2.23. The zero-order valence-corrected chi connectivity index (χ0v) is 11.6. The summed E-state index contributed by atoms with van der Waals surface area (Å²) < 4.78 is 5.33. The van der Waals surface area contributed by atoms with Crippen molar-refractivity contribution >= 4 is 23.3 Å². The molecule has 0 saturated heterocycles. The van der Waals surface area contributed by atoms with Crippen LogP contribution < -0.4 is 14.5 Å². The van der Waals surface area contributed by atoms with Crippen LogP contribution in [0.3, 0.4) is 0 Å². The Hall–Kier alpha value is -2.75. The van der Waals surface area contributed by atoms with Crippen LogP contribution in [0.1, 0.15) is 6.42 Å². The molecule has 7 nitrogen and oxygen atoms in total. The lowest BCUT2D eigenvalue weighted by Crippen LogP contribution is -2.35. The molecule has 1 aromatic rings. The van der Waals surface area contributed by atoms with E-state index in [2.05, 4.69) is 0 Å². The maximum atomic E-state index is 11.6. The van der Waals surface area contributed by atoms with E-state index in [-0.39, 0.29) is 32.0 Å². The Kier molecular flexibility index (Phi) is 4.28. The van der Waals surface area contributed by atoms with Crippen molar-refractivity contribution in [2.75, 3.05) is 36.5 Å². The lowest BCUT2D eigenvalue weighted by atomic mass is 10.2. The molecule has 1 aliphatic rings. The molecule has 0 fully saturated rings. The maximum Gasteiger partial charge on any atom is 0.305 e. The number of hydrogen-bond donors (Lipinski definition) is 1. The minimum atomic E-state index is -0.925. The van der Waals surface area contributed by atoms with Gasteiger partial charge in [0.15, 0.2) is 6.61 Å². The maximum absolute atomic E-state index is 11.6. The van der Waals surface area contributed by atoms with Crippen LogP contribution >= 0.6 is 0 Å². The Labute approximate surface area is 121 Å². The van der Waals surface area contributed by atoms with Crippen molar-refractivity contribution in [1.29, 1.82) is 5.26 Å². The molecule has 0 radical (unpaired) electrons. The third kappa shape index (κ3) is 3.23. The second-order valence-electron chi connectivity index (χ2n) is 4.62. The van der Waals surface area contributed by atoms with E-state index in [1.54, 1.807) is 30.1 Å². The van der Waals surface area contributed by atoms with Crippen LogP contribution in [0.2, 0.25) is 0 Å². The summed E-state index contributed by atoms with van der Waals surface area (Å²) in [6.45, 7) is 0.300. The lowest BCUT2D eigenvalue weighted by Gasteiger charge is -2.28. The smallest absolute Gasteiger partial charge is 0.305 e. The second-order valence-corrected chi connectivity index (χ2v) is 4.62. The van der Waals surface area contributed by atoms with Gasteiger partial charge in [0, 0.05) is 19.3 Å². The molecule has 1 heterocycles. The number of likely N-dealkylation sites (N-methyl/N-ethyl adjacent to an activating group) is 1. The van der Waals surface area contributed by atoms with Gasteiger partial charge in [0.1, 0.15) is 12.3 Å². The van der Waals surface area contributed by atoms with E-state index in [1.165, 1.54) is 4.90 Å². The molecule has 1 aliphatic heterocycles. The zero-order valence-electron chi connectivity index (χ0n) is 11.6. The number of amides is 1. The molecule has 21 heavy (non-hydrogen) atoms. The van der Waals surface area contributed by atoms with Crippen LogP contribution in [-0.2, 0) is 9.59 Å². The Balaban J connectivity index is 2.28. The molecule has 0 spiro atoms. The van der Waals surface area contributed by atoms with Gasteiger partial charge in [0.05, 0.1) is 18.2 Å². The summed E-state index contributed by atoms with van der Waals surface area (Å²) in [4.78, 5) is 25.5. The van der Waals surface area contributed by atoms with Crippen LogP contribution in [0.15, 0.2) is 18.2 Å². The highest BCUT2D eigenvalue weighted by Crippen LogP contribution is 2.34. The van der Waals surface area contributed by atoms with Gasteiger partial charge < -0.3 is 19.6 Å². The van der Waals surface area contributed by atoms with E-state index in [0.717, 1.165) is 0 Å². The number of carboxylic acids is 1. The molecule has 0 saturated carbocycles. The molecule has 1 N–H and O–H groups in total. The number of carbonyl (C=O) groups excluding carboxylic acids is 1. The van der Waals surface area contributed by atoms with Gasteiger partial charge in [-0.2, -0.15) is 5.26 Å². The number of rotatable bonds is 5. The Morgan fingerprint density at radius 2 is 2.33 bits per heavy atom. The van der Waals surface area contributed by atoms with Gasteiger partial charge in [0.2, 0.25) is 0 Å². The molecule has 2 rings (SSSR count). The number of nitrogens with zero attached hydrogens (tertiary/aromatic N) is 3. The van der Waals surface area contributed by atoms with Gasteiger partial charge in [-0.15, -0.1) is 0 Å². The first-order valence-electron chi connectivity index (χ1n) is 6.40. The van der Waals surface area contributed by atoms with Crippen LogP contribution in [0, 0.1) is 11.3 Å². The third-order valence-electron chi connectivity index (χ3n) is 3.25. The molecule has 0 aromatic heterocycles. The number of anilines is 2. The largest absolute Gasteiger partial charge is 0.482 e. The number of carbonyl (C=O) groups is 2. The molecule has 0 bridgehead atoms. The predicted octanol–water partition coefficient (Wildman–Crippen LogP) is 0.846. The van der Waals surface area contributed by atoms with E-state index in [9.17, 15) is 9.59 Å². The minimum Gasteiger partial charge on any atom is -0.482 e. The Morgan fingerprint density at radius 1 is 1.57 bits per heavy atom. The number of ether oxygens (including phenoxy) is 1. The molecular weight excluding hydrogens is 274 g/mol. The van der Waals surface area contributed by atoms with Gasteiger partial charge in [-0.3, -0.25) is 9.59 Å². The topological polar surface area (TPSA) is 93.9 Å². The Morgan fingerprint density at radius 3 is 3.00 bits per heavy atom. The molecule has 110 valence electrons. The highest BCUT2D eigenvalue weighted by molar-refractivity contribution is 5.97. The van der Waals surface area contributed by atoms with E-state index < -0.39 is 5.97 Å². The van der Waals surface area contributed by atoms with Crippen molar-refractivity contribution < 1.29 is 19.4 Å². The summed E-state index contributed by atoms with van der Waals surface area (Å²) in [5, 5.41) is 17.6. The quantitative estimate of drug-likeness (QED) is 0.807. The summed E-state index contributed by atoms with van der Waals surface area (Å²) in [6, 6.07) is 7.21. The fourth-order valence-corrected chi connectivity index (χ4v) is 2.07. The van der Waals surface area contributed by atoms with E-state index in [4.69, 9.17) is 15.1 Å². The fourth-order valence-electron chi connectivity index (χ4n) is 2.07. The molecule has 7 heteroatoms. The number of benzene rings is 1. The van der Waals surface area contributed by atoms with Crippen molar-refractivity contribution in [3.63, 3.8) is 0 Å². The van der Waals surface area contributed by atoms with Gasteiger partial charge >= 0.3 is 5.97 Å². The summed E-state index contributed by atoms with van der Waals surface area (Å²) in [7, 11) is 1.65. The first-order valence-corrected chi connectivity index (χ1v) is 6.40. The predicted molar refractivity (Wildman–Crippen MR) is 75.4 cm³/mol.